The first-order chi connectivity index (χ1) is 6.05. The highest BCUT2D eigenvalue weighted by molar-refractivity contribution is 5.86. The Morgan fingerprint density at radius 2 is 0.929 bits per heavy atom. The van der Waals surface area contributed by atoms with E-state index in [1.165, 1.54) is 0 Å². The van der Waals surface area contributed by atoms with Crippen LogP contribution in [0.5, 0.6) is 0 Å². The van der Waals surface area contributed by atoms with Gasteiger partial charge in [-0.05, 0) is 0 Å². The molecule has 0 saturated heterocycles. The molecule has 14 heavy (non-hydrogen) atoms. The quantitative estimate of drug-likeness (QED) is 0.461. The first kappa shape index (κ1) is 12.5. The number of carbonyl (C=O) groups excluding carboxylic acids is 2. The molecule has 0 aromatic rings. The summed E-state index contributed by atoms with van der Waals surface area (Å²) in [5.41, 5.74) is 0. The molecule has 0 unspecified atom stereocenters. The van der Waals surface area contributed by atoms with E-state index in [1.54, 1.807) is 10.2 Å². The van der Waals surface area contributed by atoms with Gasteiger partial charge in [0.25, 0.3) is 0 Å². The van der Waals surface area contributed by atoms with Gasteiger partial charge in [-0.2, -0.15) is 26.3 Å². The van der Waals surface area contributed by atoms with Crippen LogP contribution in [-0.4, -0.2) is 24.2 Å². The van der Waals surface area contributed by atoms with Crippen LogP contribution in [0, 0.1) is 0 Å². The largest absolute Gasteiger partial charge is 0.475 e. The fourth-order valence-corrected chi connectivity index (χ4v) is 0.204. The number of azo groups is 1. The number of halogens is 6. The Kier molecular flexibility index (Phi) is 3.32. The molecule has 4 nitrogen and oxygen atoms in total. The maximum absolute atomic E-state index is 11.3. The lowest BCUT2D eigenvalue weighted by Crippen LogP contribution is -2.23. The van der Waals surface area contributed by atoms with Crippen molar-refractivity contribution in [3.8, 4) is 0 Å². The number of hydrogen-bond acceptors (Lipinski definition) is 2. The fraction of sp³-hybridized carbons (Fsp3) is 0.500. The van der Waals surface area contributed by atoms with Gasteiger partial charge in [0.1, 0.15) is 0 Å². The zero-order valence-electron chi connectivity index (χ0n) is 5.98. The van der Waals surface area contributed by atoms with Crippen LogP contribution in [0.4, 0.5) is 26.3 Å². The molecule has 0 rings (SSSR count). The minimum absolute atomic E-state index is 1.55. The molecule has 2 amide bonds. The summed E-state index contributed by atoms with van der Waals surface area (Å²) >= 11 is 0. The van der Waals surface area contributed by atoms with Crippen LogP contribution >= 0.6 is 0 Å². The molecule has 0 aromatic heterocycles. The first-order valence-corrected chi connectivity index (χ1v) is 2.69. The Morgan fingerprint density at radius 3 is 1.07 bits per heavy atom. The minimum atomic E-state index is -5.45. The molecule has 10 heteroatoms. The van der Waals surface area contributed by atoms with Crippen LogP contribution in [0.15, 0.2) is 10.2 Å². The van der Waals surface area contributed by atoms with Gasteiger partial charge in [0.05, 0.1) is 0 Å². The van der Waals surface area contributed by atoms with Crippen molar-refractivity contribution < 1.29 is 35.9 Å². The van der Waals surface area contributed by atoms with E-state index in [-0.39, 0.29) is 0 Å². The Labute approximate surface area is 71.6 Å². The van der Waals surface area contributed by atoms with E-state index in [9.17, 15) is 35.9 Å². The number of carbonyl (C=O) groups is 2. The minimum Gasteiger partial charge on any atom is -0.260 e. The maximum atomic E-state index is 11.3. The van der Waals surface area contributed by atoms with Crippen molar-refractivity contribution in [3.63, 3.8) is 0 Å². The highest BCUT2D eigenvalue weighted by Gasteiger charge is 2.42. The Hall–Kier alpha value is -1.48. The zero-order valence-corrected chi connectivity index (χ0v) is 5.98. The molecule has 0 aliphatic rings. The van der Waals surface area contributed by atoms with E-state index < -0.39 is 24.2 Å². The van der Waals surface area contributed by atoms with Gasteiger partial charge in [-0.15, -0.1) is 0 Å². The Bertz CT molecular complexity index is 249. The van der Waals surface area contributed by atoms with Gasteiger partial charge in [0, 0.05) is 0 Å². The summed E-state index contributed by atoms with van der Waals surface area (Å²) < 4.78 is 67.8. The van der Waals surface area contributed by atoms with Crippen molar-refractivity contribution >= 4 is 11.8 Å². The van der Waals surface area contributed by atoms with Crippen molar-refractivity contribution in [1.29, 1.82) is 0 Å². The van der Waals surface area contributed by atoms with E-state index >= 15 is 0 Å². The lowest BCUT2D eigenvalue weighted by atomic mass is 10.6. The average molecular weight is 222 g/mol. The number of amides is 2. The van der Waals surface area contributed by atoms with Crippen molar-refractivity contribution in [2.24, 2.45) is 10.2 Å². The fourth-order valence-electron chi connectivity index (χ4n) is 0.204. The van der Waals surface area contributed by atoms with Crippen LogP contribution in [0.2, 0.25) is 0 Å². The van der Waals surface area contributed by atoms with E-state index in [0.29, 0.717) is 0 Å². The normalized spacial score (nSPS) is 13.3. The first-order valence-electron chi connectivity index (χ1n) is 2.69. The van der Waals surface area contributed by atoms with Gasteiger partial charge in [-0.1, -0.05) is 10.2 Å². The van der Waals surface area contributed by atoms with Gasteiger partial charge in [0.2, 0.25) is 0 Å². The maximum Gasteiger partial charge on any atom is 0.475 e. The molecule has 0 spiro atoms. The Morgan fingerprint density at radius 1 is 0.714 bits per heavy atom. The molecular weight excluding hydrogens is 222 g/mol. The molecule has 0 aliphatic heterocycles. The van der Waals surface area contributed by atoms with Gasteiger partial charge in [-0.25, -0.2) is 0 Å². The summed E-state index contributed by atoms with van der Waals surface area (Å²) in [5.74, 6) is -5.76. The molecule has 0 aliphatic carbocycles. The highest BCUT2D eigenvalue weighted by Crippen LogP contribution is 2.19. The van der Waals surface area contributed by atoms with Gasteiger partial charge in [-0.3, -0.25) is 9.59 Å². The third-order valence-corrected chi connectivity index (χ3v) is 0.717. The van der Waals surface area contributed by atoms with Crippen molar-refractivity contribution in [2.45, 2.75) is 12.4 Å². The summed E-state index contributed by atoms with van der Waals surface area (Å²) in [7, 11) is 0. The predicted molar refractivity (Wildman–Crippen MR) is 27.0 cm³/mol. The van der Waals surface area contributed by atoms with Crippen LogP contribution < -0.4 is 0 Å². The topological polar surface area (TPSA) is 58.9 Å². The summed E-state index contributed by atoms with van der Waals surface area (Å²) in [4.78, 5) is 19.6. The third-order valence-electron chi connectivity index (χ3n) is 0.717. The Balaban J connectivity index is 4.49. The summed E-state index contributed by atoms with van der Waals surface area (Å²) in [5, 5.41) is 3.11. The van der Waals surface area contributed by atoms with Gasteiger partial charge >= 0.3 is 24.2 Å². The standard InChI is InChI=1S/C4F6N2O2/c5-3(6,7)1(13)11-12-2(14)4(8,9)10/b12-11+. The molecule has 0 bridgehead atoms. The number of hydrogen-bond donors (Lipinski definition) is 0. The second-order valence-corrected chi connectivity index (χ2v) is 1.81. The van der Waals surface area contributed by atoms with Crippen molar-refractivity contribution in [2.75, 3.05) is 0 Å². The molecular formula is C4F6N2O2. The molecule has 0 fully saturated rings. The average Bonchev–Trinajstić information content (AvgIpc) is 1.95. The SMILES string of the molecule is O=C(/N=N/C(=O)C(F)(F)F)C(F)(F)F. The smallest absolute Gasteiger partial charge is 0.260 e. The molecule has 0 saturated carbocycles. The second kappa shape index (κ2) is 3.72. The van der Waals surface area contributed by atoms with Crippen LogP contribution in [0.3, 0.4) is 0 Å². The van der Waals surface area contributed by atoms with Crippen LogP contribution in [-0.2, 0) is 9.59 Å². The van der Waals surface area contributed by atoms with E-state index in [1.807, 2.05) is 0 Å². The summed E-state index contributed by atoms with van der Waals surface area (Å²) in [6.45, 7) is 0. The predicted octanol–water partition coefficient (Wildman–Crippen LogP) is 1.62. The molecule has 0 heterocycles. The monoisotopic (exact) mass is 222 g/mol. The summed E-state index contributed by atoms with van der Waals surface area (Å²) in [6.07, 6.45) is -10.9. The van der Waals surface area contributed by atoms with E-state index in [0.717, 1.165) is 0 Å². The highest BCUT2D eigenvalue weighted by atomic mass is 19.4. The molecule has 0 aromatic carbocycles. The molecule has 0 N–H and O–H groups in total. The van der Waals surface area contributed by atoms with E-state index in [4.69, 9.17) is 0 Å². The molecule has 80 valence electrons. The second-order valence-electron chi connectivity index (χ2n) is 1.81. The van der Waals surface area contributed by atoms with Gasteiger partial charge in [0.15, 0.2) is 0 Å². The molecule has 0 radical (unpaired) electrons. The third kappa shape index (κ3) is 3.96. The number of nitrogens with zero attached hydrogens (tertiary/aromatic N) is 2. The van der Waals surface area contributed by atoms with Crippen LogP contribution in [0.1, 0.15) is 0 Å². The number of alkyl halides is 6. The lowest BCUT2D eigenvalue weighted by Gasteiger charge is -1.99. The van der Waals surface area contributed by atoms with Crippen LogP contribution in [0.25, 0.3) is 0 Å². The van der Waals surface area contributed by atoms with Crippen molar-refractivity contribution in [3.05, 3.63) is 0 Å². The summed E-state index contributed by atoms with van der Waals surface area (Å²) in [6, 6.07) is 0. The zero-order chi connectivity index (χ0) is 11.6. The van der Waals surface area contributed by atoms with Crippen molar-refractivity contribution in [1.82, 2.24) is 0 Å². The van der Waals surface area contributed by atoms with E-state index in [2.05, 4.69) is 0 Å². The number of rotatable bonds is 0. The van der Waals surface area contributed by atoms with Gasteiger partial charge < -0.3 is 0 Å². The lowest BCUT2D eigenvalue weighted by molar-refractivity contribution is -0.174. The molecule has 0 atom stereocenters.